The van der Waals surface area contributed by atoms with E-state index >= 15 is 0 Å². The van der Waals surface area contributed by atoms with Crippen molar-refractivity contribution in [2.45, 2.75) is 63.1 Å². The molecule has 1 fully saturated rings. The molecule has 1 aromatic rings. The second-order valence-corrected chi connectivity index (χ2v) is 5.96. The monoisotopic (exact) mass is 283 g/mol. The molecular weight excluding hydrogens is 262 g/mol. The summed E-state index contributed by atoms with van der Waals surface area (Å²) in [4.78, 5) is 10.7. The van der Waals surface area contributed by atoms with Crippen molar-refractivity contribution in [1.29, 1.82) is 0 Å². The first-order valence-corrected chi connectivity index (χ1v) is 7.95. The average molecular weight is 283 g/mol. The Morgan fingerprint density at radius 1 is 1.47 bits per heavy atom. The number of carboxylic acids is 1. The van der Waals surface area contributed by atoms with Gasteiger partial charge in [0.25, 0.3) is 0 Å². The number of aliphatic carboxylic acids is 1. The van der Waals surface area contributed by atoms with Crippen molar-refractivity contribution in [3.8, 4) is 0 Å². The highest BCUT2D eigenvalue weighted by molar-refractivity contribution is 7.99. The SMILES string of the molecule is CCCC(CC)n1c(SCC(=O)O)nnc1C1CC1. The van der Waals surface area contributed by atoms with Crippen LogP contribution < -0.4 is 0 Å². The van der Waals surface area contributed by atoms with Gasteiger partial charge in [0.15, 0.2) is 5.16 Å². The summed E-state index contributed by atoms with van der Waals surface area (Å²) in [7, 11) is 0. The zero-order valence-corrected chi connectivity index (χ0v) is 12.3. The zero-order valence-electron chi connectivity index (χ0n) is 11.5. The molecule has 6 heteroatoms. The molecule has 106 valence electrons. The molecular formula is C13H21N3O2S. The smallest absolute Gasteiger partial charge is 0.313 e. The number of carboxylic acid groups (broad SMARTS) is 1. The van der Waals surface area contributed by atoms with Gasteiger partial charge in [-0.05, 0) is 25.7 Å². The maximum Gasteiger partial charge on any atom is 0.313 e. The van der Waals surface area contributed by atoms with Crippen molar-refractivity contribution in [1.82, 2.24) is 14.8 Å². The Morgan fingerprint density at radius 3 is 2.74 bits per heavy atom. The lowest BCUT2D eigenvalue weighted by Gasteiger charge is -2.19. The summed E-state index contributed by atoms with van der Waals surface area (Å²) in [5.41, 5.74) is 0. The molecule has 0 aromatic carbocycles. The Labute approximate surface area is 117 Å². The van der Waals surface area contributed by atoms with E-state index in [1.807, 2.05) is 0 Å². The zero-order chi connectivity index (χ0) is 13.8. The number of hydrogen-bond acceptors (Lipinski definition) is 4. The van der Waals surface area contributed by atoms with Crippen LogP contribution in [0.5, 0.6) is 0 Å². The first-order valence-electron chi connectivity index (χ1n) is 6.96. The van der Waals surface area contributed by atoms with E-state index in [2.05, 4.69) is 28.6 Å². The highest BCUT2D eigenvalue weighted by Crippen LogP contribution is 2.42. The van der Waals surface area contributed by atoms with Gasteiger partial charge in [-0.1, -0.05) is 32.0 Å². The second-order valence-electron chi connectivity index (χ2n) is 5.02. The van der Waals surface area contributed by atoms with Gasteiger partial charge in [0.05, 0.1) is 5.75 Å². The fourth-order valence-corrected chi connectivity index (χ4v) is 3.06. The molecule has 5 nitrogen and oxygen atoms in total. The van der Waals surface area contributed by atoms with Crippen LogP contribution in [0.4, 0.5) is 0 Å². The first kappa shape index (κ1) is 14.4. The van der Waals surface area contributed by atoms with Crippen molar-refractivity contribution < 1.29 is 9.90 Å². The number of nitrogens with zero attached hydrogens (tertiary/aromatic N) is 3. The molecule has 1 saturated carbocycles. The summed E-state index contributed by atoms with van der Waals surface area (Å²) in [6.07, 6.45) is 5.61. The molecule has 0 saturated heterocycles. The summed E-state index contributed by atoms with van der Waals surface area (Å²) in [6.45, 7) is 4.34. The molecule has 0 bridgehead atoms. The fourth-order valence-electron chi connectivity index (χ4n) is 2.33. The van der Waals surface area contributed by atoms with Crippen LogP contribution in [0.3, 0.4) is 0 Å². The van der Waals surface area contributed by atoms with E-state index in [0.717, 1.165) is 30.2 Å². The molecule has 1 aliphatic carbocycles. The third-order valence-corrected chi connectivity index (χ3v) is 4.34. The van der Waals surface area contributed by atoms with Gasteiger partial charge in [-0.2, -0.15) is 0 Å². The molecule has 1 heterocycles. The molecule has 1 atom stereocenters. The Hall–Kier alpha value is -1.04. The van der Waals surface area contributed by atoms with Crippen LogP contribution in [0.2, 0.25) is 0 Å². The maximum absolute atomic E-state index is 10.7. The van der Waals surface area contributed by atoms with E-state index in [0.29, 0.717) is 12.0 Å². The van der Waals surface area contributed by atoms with Crippen molar-refractivity contribution in [3.63, 3.8) is 0 Å². The fraction of sp³-hybridized carbons (Fsp3) is 0.769. The number of aromatic nitrogens is 3. The largest absolute Gasteiger partial charge is 0.481 e. The third kappa shape index (κ3) is 3.49. The third-order valence-electron chi connectivity index (χ3n) is 3.42. The van der Waals surface area contributed by atoms with E-state index in [4.69, 9.17) is 5.11 Å². The summed E-state index contributed by atoms with van der Waals surface area (Å²) in [6, 6.07) is 0.395. The predicted octanol–water partition coefficient (Wildman–Crippen LogP) is 3.08. The standard InChI is InChI=1S/C13H21N3O2S/c1-3-5-10(4-2)16-12(9-6-7-9)14-15-13(16)19-8-11(17)18/h9-10H,3-8H2,1-2H3,(H,17,18). The number of carbonyl (C=O) groups is 1. The minimum atomic E-state index is -0.809. The Bertz CT molecular complexity index is 443. The van der Waals surface area contributed by atoms with Crippen LogP contribution in [-0.4, -0.2) is 31.6 Å². The number of thioether (sulfide) groups is 1. The molecule has 1 aliphatic rings. The van der Waals surface area contributed by atoms with Crippen molar-refractivity contribution >= 4 is 17.7 Å². The Morgan fingerprint density at radius 2 is 2.21 bits per heavy atom. The summed E-state index contributed by atoms with van der Waals surface area (Å²) >= 11 is 1.28. The highest BCUT2D eigenvalue weighted by atomic mass is 32.2. The lowest BCUT2D eigenvalue weighted by atomic mass is 10.1. The average Bonchev–Trinajstić information content (AvgIpc) is 3.14. The van der Waals surface area contributed by atoms with Crippen LogP contribution in [0.25, 0.3) is 0 Å². The van der Waals surface area contributed by atoms with E-state index in [1.165, 1.54) is 24.6 Å². The van der Waals surface area contributed by atoms with Crippen molar-refractivity contribution in [2.75, 3.05) is 5.75 Å². The van der Waals surface area contributed by atoms with Gasteiger partial charge in [-0.25, -0.2) is 0 Å². The normalized spacial score (nSPS) is 16.5. The van der Waals surface area contributed by atoms with E-state index in [9.17, 15) is 4.79 Å². The molecule has 0 aliphatic heterocycles. The van der Waals surface area contributed by atoms with Gasteiger partial charge in [0.2, 0.25) is 0 Å². The van der Waals surface area contributed by atoms with Gasteiger partial charge in [-0.3, -0.25) is 4.79 Å². The Balaban J connectivity index is 2.23. The summed E-state index contributed by atoms with van der Waals surface area (Å²) in [5.74, 6) is 0.840. The molecule has 19 heavy (non-hydrogen) atoms. The van der Waals surface area contributed by atoms with Gasteiger partial charge >= 0.3 is 5.97 Å². The van der Waals surface area contributed by atoms with Gasteiger partial charge in [-0.15, -0.1) is 10.2 Å². The molecule has 1 unspecified atom stereocenters. The number of rotatable bonds is 8. The lowest BCUT2D eigenvalue weighted by molar-refractivity contribution is -0.133. The van der Waals surface area contributed by atoms with Crippen LogP contribution in [0.15, 0.2) is 5.16 Å². The van der Waals surface area contributed by atoms with Crippen LogP contribution >= 0.6 is 11.8 Å². The van der Waals surface area contributed by atoms with Gasteiger partial charge < -0.3 is 9.67 Å². The van der Waals surface area contributed by atoms with Gasteiger partial charge in [0, 0.05) is 12.0 Å². The van der Waals surface area contributed by atoms with Crippen LogP contribution in [-0.2, 0) is 4.79 Å². The van der Waals surface area contributed by atoms with Crippen LogP contribution in [0.1, 0.15) is 63.7 Å². The van der Waals surface area contributed by atoms with E-state index < -0.39 is 5.97 Å². The molecule has 2 rings (SSSR count). The summed E-state index contributed by atoms with van der Waals surface area (Å²) < 4.78 is 2.20. The molecule has 1 N–H and O–H groups in total. The highest BCUT2D eigenvalue weighted by Gasteiger charge is 2.32. The topological polar surface area (TPSA) is 68.0 Å². The van der Waals surface area contributed by atoms with E-state index in [1.54, 1.807) is 0 Å². The minimum absolute atomic E-state index is 0.0470. The van der Waals surface area contributed by atoms with Gasteiger partial charge in [0.1, 0.15) is 5.82 Å². The van der Waals surface area contributed by atoms with Crippen molar-refractivity contribution in [3.05, 3.63) is 5.82 Å². The van der Waals surface area contributed by atoms with Crippen molar-refractivity contribution in [2.24, 2.45) is 0 Å². The predicted molar refractivity (Wildman–Crippen MR) is 74.6 cm³/mol. The number of hydrogen-bond donors (Lipinski definition) is 1. The minimum Gasteiger partial charge on any atom is -0.481 e. The lowest BCUT2D eigenvalue weighted by Crippen LogP contribution is -2.13. The summed E-state index contributed by atoms with van der Waals surface area (Å²) in [5, 5.41) is 18.1. The second kappa shape index (κ2) is 6.41. The Kier molecular flexibility index (Phi) is 4.85. The van der Waals surface area contributed by atoms with Crippen LogP contribution in [0, 0.1) is 0 Å². The first-order chi connectivity index (χ1) is 9.17. The molecule has 0 radical (unpaired) electrons. The molecule has 1 aromatic heterocycles. The van der Waals surface area contributed by atoms with E-state index in [-0.39, 0.29) is 5.75 Å². The maximum atomic E-state index is 10.7. The molecule has 0 spiro atoms. The molecule has 0 amide bonds. The quantitative estimate of drug-likeness (QED) is 0.742.